The molecule has 1 aliphatic heterocycles. The highest BCUT2D eigenvalue weighted by Gasteiger charge is 2.21. The highest BCUT2D eigenvalue weighted by Crippen LogP contribution is 2.27. The van der Waals surface area contributed by atoms with Crippen LogP contribution in [0.3, 0.4) is 0 Å². The smallest absolute Gasteiger partial charge is 0.269 e. The van der Waals surface area contributed by atoms with Gasteiger partial charge in [0.2, 0.25) is 0 Å². The fourth-order valence-electron chi connectivity index (χ4n) is 3.15. The third kappa shape index (κ3) is 4.40. The first kappa shape index (κ1) is 16.6. The van der Waals surface area contributed by atoms with Gasteiger partial charge in [0.05, 0.1) is 4.92 Å². The molecule has 0 saturated carbocycles. The zero-order chi connectivity index (χ0) is 16.8. The first-order valence-electron chi connectivity index (χ1n) is 8.32. The van der Waals surface area contributed by atoms with Gasteiger partial charge in [0.25, 0.3) is 5.69 Å². The molecule has 1 aliphatic rings. The second-order valence-electron chi connectivity index (χ2n) is 6.24. The van der Waals surface area contributed by atoms with Gasteiger partial charge in [-0.15, -0.1) is 0 Å². The second-order valence-corrected chi connectivity index (χ2v) is 6.24. The van der Waals surface area contributed by atoms with Gasteiger partial charge in [0.15, 0.2) is 0 Å². The van der Waals surface area contributed by atoms with E-state index in [1.807, 2.05) is 24.3 Å². The third-order valence-electron chi connectivity index (χ3n) is 4.47. The van der Waals surface area contributed by atoms with Crippen molar-refractivity contribution in [2.45, 2.75) is 25.4 Å². The Balaban J connectivity index is 1.69. The molecule has 0 aliphatic carbocycles. The number of nitrogens with zero attached hydrogens (tertiary/aromatic N) is 1. The van der Waals surface area contributed by atoms with E-state index in [9.17, 15) is 10.1 Å². The van der Waals surface area contributed by atoms with Gasteiger partial charge in [-0.1, -0.05) is 42.5 Å². The monoisotopic (exact) mass is 326 g/mol. The Morgan fingerprint density at radius 3 is 2.75 bits per heavy atom. The average molecular weight is 326 g/mol. The standard InChI is InChI=1S/C19H22N2O3/c22-21(23)18-8-4-5-15(11-18)13-20-19(12-16-9-10-24-14-16)17-6-2-1-3-7-17/h1-8,11,16,19-20H,9-10,12-14H2. The van der Waals surface area contributed by atoms with Gasteiger partial charge in [-0.25, -0.2) is 0 Å². The molecule has 1 saturated heterocycles. The van der Waals surface area contributed by atoms with Gasteiger partial charge in [-0.05, 0) is 29.9 Å². The Bertz CT molecular complexity index is 669. The second kappa shape index (κ2) is 8.04. The largest absolute Gasteiger partial charge is 0.381 e. The molecule has 0 aromatic heterocycles. The van der Waals surface area contributed by atoms with E-state index in [1.54, 1.807) is 12.1 Å². The van der Waals surface area contributed by atoms with Gasteiger partial charge in [0.1, 0.15) is 0 Å². The number of hydrogen-bond acceptors (Lipinski definition) is 4. The lowest BCUT2D eigenvalue weighted by Crippen LogP contribution is -2.23. The summed E-state index contributed by atoms with van der Waals surface area (Å²) in [4.78, 5) is 10.6. The summed E-state index contributed by atoms with van der Waals surface area (Å²) in [7, 11) is 0. The SMILES string of the molecule is O=[N+]([O-])c1cccc(CNC(CC2CCOC2)c2ccccc2)c1. The van der Waals surface area contributed by atoms with Crippen LogP contribution in [-0.2, 0) is 11.3 Å². The van der Waals surface area contributed by atoms with E-state index in [0.29, 0.717) is 12.5 Å². The molecule has 1 fully saturated rings. The van der Waals surface area contributed by atoms with E-state index in [-0.39, 0.29) is 16.7 Å². The van der Waals surface area contributed by atoms with Crippen LogP contribution in [0.25, 0.3) is 0 Å². The van der Waals surface area contributed by atoms with Gasteiger partial charge in [-0.2, -0.15) is 0 Å². The summed E-state index contributed by atoms with van der Waals surface area (Å²) < 4.78 is 5.50. The minimum atomic E-state index is -0.353. The number of nitro benzene ring substituents is 1. The zero-order valence-corrected chi connectivity index (χ0v) is 13.6. The van der Waals surface area contributed by atoms with E-state index < -0.39 is 0 Å². The van der Waals surface area contributed by atoms with Crippen molar-refractivity contribution >= 4 is 5.69 Å². The lowest BCUT2D eigenvalue weighted by Gasteiger charge is -2.22. The number of benzene rings is 2. The summed E-state index contributed by atoms with van der Waals surface area (Å²) in [5.74, 6) is 0.563. The van der Waals surface area contributed by atoms with Crippen molar-refractivity contribution in [2.75, 3.05) is 13.2 Å². The molecule has 1 N–H and O–H groups in total. The van der Waals surface area contributed by atoms with Crippen molar-refractivity contribution in [1.29, 1.82) is 0 Å². The maximum atomic E-state index is 10.9. The predicted octanol–water partition coefficient (Wildman–Crippen LogP) is 3.85. The number of rotatable bonds is 7. The van der Waals surface area contributed by atoms with Gasteiger partial charge < -0.3 is 10.1 Å². The number of ether oxygens (including phenoxy) is 1. The molecule has 3 rings (SSSR count). The van der Waals surface area contributed by atoms with E-state index in [0.717, 1.165) is 31.6 Å². The molecule has 0 radical (unpaired) electrons. The molecule has 2 aromatic rings. The Hall–Kier alpha value is -2.24. The van der Waals surface area contributed by atoms with E-state index >= 15 is 0 Å². The molecule has 2 aromatic carbocycles. The van der Waals surface area contributed by atoms with Crippen LogP contribution >= 0.6 is 0 Å². The molecule has 126 valence electrons. The predicted molar refractivity (Wildman–Crippen MR) is 92.7 cm³/mol. The van der Waals surface area contributed by atoms with Crippen LogP contribution in [0.15, 0.2) is 54.6 Å². The topological polar surface area (TPSA) is 64.4 Å². The fourth-order valence-corrected chi connectivity index (χ4v) is 3.15. The van der Waals surface area contributed by atoms with E-state index in [4.69, 9.17) is 4.74 Å². The van der Waals surface area contributed by atoms with Crippen LogP contribution in [0.4, 0.5) is 5.69 Å². The molecule has 2 atom stereocenters. The van der Waals surface area contributed by atoms with Crippen LogP contribution in [0, 0.1) is 16.0 Å². The lowest BCUT2D eigenvalue weighted by atomic mass is 9.94. The fraction of sp³-hybridized carbons (Fsp3) is 0.368. The number of nitrogens with one attached hydrogen (secondary N) is 1. The Morgan fingerprint density at radius 1 is 1.21 bits per heavy atom. The zero-order valence-electron chi connectivity index (χ0n) is 13.6. The minimum absolute atomic E-state index is 0.134. The highest BCUT2D eigenvalue weighted by molar-refractivity contribution is 5.34. The highest BCUT2D eigenvalue weighted by atomic mass is 16.6. The summed E-state index contributed by atoms with van der Waals surface area (Å²) in [6, 6.07) is 17.4. The van der Waals surface area contributed by atoms with Crippen molar-refractivity contribution in [2.24, 2.45) is 5.92 Å². The molecule has 1 heterocycles. The van der Waals surface area contributed by atoms with E-state index in [2.05, 4.69) is 17.4 Å². The van der Waals surface area contributed by atoms with Crippen molar-refractivity contribution in [3.05, 3.63) is 75.8 Å². The Morgan fingerprint density at radius 2 is 2.04 bits per heavy atom. The molecular formula is C19H22N2O3. The molecular weight excluding hydrogens is 304 g/mol. The summed E-state index contributed by atoms with van der Waals surface area (Å²) in [6.07, 6.45) is 2.11. The van der Waals surface area contributed by atoms with Crippen molar-refractivity contribution < 1.29 is 9.66 Å². The number of non-ortho nitro benzene ring substituents is 1. The van der Waals surface area contributed by atoms with Crippen molar-refractivity contribution in [3.63, 3.8) is 0 Å². The summed E-state index contributed by atoms with van der Waals surface area (Å²) in [5.41, 5.74) is 2.30. The molecule has 0 amide bonds. The Labute approximate surface area is 141 Å². The molecule has 0 bridgehead atoms. The van der Waals surface area contributed by atoms with Crippen LogP contribution in [0.1, 0.15) is 30.0 Å². The van der Waals surface area contributed by atoms with Crippen LogP contribution in [0.2, 0.25) is 0 Å². The normalized spacial score (nSPS) is 18.4. The maximum Gasteiger partial charge on any atom is 0.269 e. The van der Waals surface area contributed by atoms with Gasteiger partial charge in [-0.3, -0.25) is 10.1 Å². The number of hydrogen-bond donors (Lipinski definition) is 1. The van der Waals surface area contributed by atoms with Gasteiger partial charge in [0, 0.05) is 37.9 Å². The van der Waals surface area contributed by atoms with Crippen molar-refractivity contribution in [1.82, 2.24) is 5.32 Å². The first-order chi connectivity index (χ1) is 11.7. The summed E-state index contributed by atoms with van der Waals surface area (Å²) in [6.45, 7) is 2.27. The third-order valence-corrected chi connectivity index (χ3v) is 4.47. The quantitative estimate of drug-likeness (QED) is 0.620. The van der Waals surface area contributed by atoms with E-state index in [1.165, 1.54) is 11.6 Å². The van der Waals surface area contributed by atoms with Gasteiger partial charge >= 0.3 is 0 Å². The summed E-state index contributed by atoms with van der Waals surface area (Å²) >= 11 is 0. The first-order valence-corrected chi connectivity index (χ1v) is 8.32. The van der Waals surface area contributed by atoms with Crippen LogP contribution in [0.5, 0.6) is 0 Å². The molecule has 0 spiro atoms. The molecule has 5 nitrogen and oxygen atoms in total. The average Bonchev–Trinajstić information content (AvgIpc) is 3.12. The molecule has 5 heteroatoms. The Kier molecular flexibility index (Phi) is 5.56. The van der Waals surface area contributed by atoms with Crippen LogP contribution in [-0.4, -0.2) is 18.1 Å². The summed E-state index contributed by atoms with van der Waals surface area (Å²) in [5, 5.41) is 14.5. The minimum Gasteiger partial charge on any atom is -0.381 e. The van der Waals surface area contributed by atoms with Crippen LogP contribution < -0.4 is 5.32 Å². The number of nitro groups is 1. The van der Waals surface area contributed by atoms with Crippen molar-refractivity contribution in [3.8, 4) is 0 Å². The lowest BCUT2D eigenvalue weighted by molar-refractivity contribution is -0.384. The maximum absolute atomic E-state index is 10.9. The molecule has 2 unspecified atom stereocenters. The molecule has 24 heavy (non-hydrogen) atoms.